The van der Waals surface area contributed by atoms with Crippen LogP contribution in [0.3, 0.4) is 0 Å². The molecule has 43 heavy (non-hydrogen) atoms. The van der Waals surface area contributed by atoms with Crippen molar-refractivity contribution in [3.05, 3.63) is 65.2 Å². The molecule has 228 valence electrons. The van der Waals surface area contributed by atoms with Crippen LogP contribution in [0.4, 0.5) is 0 Å². The van der Waals surface area contributed by atoms with Crippen LogP contribution in [0.5, 0.6) is 0 Å². The fourth-order valence-corrected chi connectivity index (χ4v) is 4.30. The molecule has 1 heterocycles. The molecule has 13 nitrogen and oxygen atoms in total. The first-order valence-corrected chi connectivity index (χ1v) is 14.0. The zero-order chi connectivity index (χ0) is 31.5. The third-order valence-electron chi connectivity index (χ3n) is 6.45. The third-order valence-corrected chi connectivity index (χ3v) is 6.78. The molecular weight excluding hydrogens is 578 g/mol. The summed E-state index contributed by atoms with van der Waals surface area (Å²) in [6.07, 6.45) is -0.0260. The van der Waals surface area contributed by atoms with E-state index in [1.807, 2.05) is 30.3 Å². The van der Waals surface area contributed by atoms with Crippen LogP contribution >= 0.6 is 11.6 Å². The molecule has 0 radical (unpaired) electrons. The number of tetrazole rings is 1. The smallest absolute Gasteiger partial charge is 0.305 e. The van der Waals surface area contributed by atoms with Crippen LogP contribution in [-0.4, -0.2) is 72.9 Å². The average molecular weight is 612 g/mol. The Balaban J connectivity index is 1.58. The lowest BCUT2D eigenvalue weighted by atomic mass is 10.0. The first-order chi connectivity index (χ1) is 20.4. The van der Waals surface area contributed by atoms with E-state index >= 15 is 0 Å². The lowest BCUT2D eigenvalue weighted by Gasteiger charge is -2.25. The molecule has 3 aromatic rings. The highest BCUT2D eigenvalue weighted by molar-refractivity contribution is 6.33. The minimum atomic E-state index is -1.43. The SMILES string of the molecule is CC(C)[C@H](NC(=O)CCc1ccccc1)C(=O)N[C@@H](C)C(=O)NC(CC(=O)O)C(=O)Cn1nnc(-c2ccccc2Cl)n1. The van der Waals surface area contributed by atoms with Gasteiger partial charge in [0.1, 0.15) is 24.7 Å². The van der Waals surface area contributed by atoms with Crippen molar-refractivity contribution < 1.29 is 29.1 Å². The molecule has 0 saturated carbocycles. The summed E-state index contributed by atoms with van der Waals surface area (Å²) < 4.78 is 0. The quantitative estimate of drug-likeness (QED) is 0.199. The highest BCUT2D eigenvalue weighted by atomic mass is 35.5. The van der Waals surface area contributed by atoms with Gasteiger partial charge in [0, 0.05) is 12.0 Å². The fourth-order valence-electron chi connectivity index (χ4n) is 4.08. The summed E-state index contributed by atoms with van der Waals surface area (Å²) in [4.78, 5) is 63.8. The van der Waals surface area contributed by atoms with Crippen molar-refractivity contribution in [3.8, 4) is 11.4 Å². The number of amides is 3. The van der Waals surface area contributed by atoms with Crippen molar-refractivity contribution in [1.29, 1.82) is 0 Å². The van der Waals surface area contributed by atoms with Gasteiger partial charge in [-0.1, -0.05) is 67.9 Å². The van der Waals surface area contributed by atoms with Crippen LogP contribution in [0.15, 0.2) is 54.6 Å². The second-order valence-electron chi connectivity index (χ2n) is 10.3. The lowest BCUT2D eigenvalue weighted by Crippen LogP contribution is -2.56. The molecule has 0 spiro atoms. The van der Waals surface area contributed by atoms with Crippen LogP contribution in [0.1, 0.15) is 39.2 Å². The predicted molar refractivity (Wildman–Crippen MR) is 157 cm³/mol. The Morgan fingerprint density at radius 3 is 2.23 bits per heavy atom. The Morgan fingerprint density at radius 2 is 1.58 bits per heavy atom. The van der Waals surface area contributed by atoms with E-state index in [0.29, 0.717) is 17.0 Å². The molecule has 2 aromatic carbocycles. The summed E-state index contributed by atoms with van der Waals surface area (Å²) in [6.45, 7) is 4.42. The number of carboxylic acid groups (broad SMARTS) is 1. The van der Waals surface area contributed by atoms with Gasteiger partial charge in [-0.15, -0.1) is 10.2 Å². The fraction of sp³-hybridized carbons (Fsp3) is 0.379. The predicted octanol–water partition coefficient (Wildman–Crippen LogP) is 1.80. The highest BCUT2D eigenvalue weighted by Gasteiger charge is 2.30. The zero-order valence-corrected chi connectivity index (χ0v) is 24.7. The number of aliphatic carboxylic acids is 1. The van der Waals surface area contributed by atoms with Gasteiger partial charge in [0.15, 0.2) is 5.78 Å². The molecule has 1 aromatic heterocycles. The summed E-state index contributed by atoms with van der Waals surface area (Å²) in [6, 6.07) is 12.7. The Kier molecular flexibility index (Phi) is 11.9. The molecule has 4 N–H and O–H groups in total. The number of halogens is 1. The van der Waals surface area contributed by atoms with E-state index in [1.54, 1.807) is 38.1 Å². The number of ketones is 1. The molecule has 0 aliphatic heterocycles. The van der Waals surface area contributed by atoms with Crippen LogP contribution in [-0.2, 0) is 36.9 Å². The minimum Gasteiger partial charge on any atom is -0.481 e. The van der Waals surface area contributed by atoms with Gasteiger partial charge < -0.3 is 21.1 Å². The maximum absolute atomic E-state index is 13.0. The number of aryl methyl sites for hydroxylation is 1. The number of Topliss-reactive ketones (excluding diaryl/α,β-unsaturated/α-hetero) is 1. The molecule has 14 heteroatoms. The standard InChI is InChI=1S/C29H34ClN7O6/c1-17(2)26(33-24(39)14-13-19-9-5-4-6-10-19)29(43)31-18(3)28(42)32-22(15-25(40)41)23(38)16-37-35-27(34-36-37)20-11-7-8-12-21(20)30/h4-12,17-18,22,26H,13-16H2,1-3H3,(H,31,43)(H,32,42)(H,33,39)(H,40,41)/t18-,22?,26-/m0/s1. The summed E-state index contributed by atoms with van der Waals surface area (Å²) in [5.41, 5.74) is 1.48. The van der Waals surface area contributed by atoms with Crippen LogP contribution in [0, 0.1) is 5.92 Å². The van der Waals surface area contributed by atoms with Crippen molar-refractivity contribution >= 4 is 41.1 Å². The molecule has 0 saturated heterocycles. The summed E-state index contributed by atoms with van der Waals surface area (Å²) in [5.74, 6) is -3.83. The summed E-state index contributed by atoms with van der Waals surface area (Å²) in [7, 11) is 0. The maximum atomic E-state index is 13.0. The summed E-state index contributed by atoms with van der Waals surface area (Å²) in [5, 5.41) is 29.2. The molecule has 0 aliphatic carbocycles. The Morgan fingerprint density at radius 1 is 0.907 bits per heavy atom. The zero-order valence-electron chi connectivity index (χ0n) is 24.0. The molecule has 3 atom stereocenters. The molecule has 3 rings (SSSR count). The third kappa shape index (κ3) is 9.99. The van der Waals surface area contributed by atoms with Gasteiger partial charge in [-0.25, -0.2) is 0 Å². The molecular formula is C29H34ClN7O6. The minimum absolute atomic E-state index is 0.167. The van der Waals surface area contributed by atoms with E-state index in [1.165, 1.54) is 6.92 Å². The summed E-state index contributed by atoms with van der Waals surface area (Å²) >= 11 is 6.16. The average Bonchev–Trinajstić information content (AvgIpc) is 3.42. The molecule has 3 amide bonds. The molecule has 0 bridgehead atoms. The van der Waals surface area contributed by atoms with Gasteiger partial charge >= 0.3 is 5.97 Å². The van der Waals surface area contributed by atoms with E-state index in [4.69, 9.17) is 11.6 Å². The van der Waals surface area contributed by atoms with Gasteiger partial charge in [0.2, 0.25) is 23.5 Å². The van der Waals surface area contributed by atoms with Crippen molar-refractivity contribution in [1.82, 2.24) is 36.2 Å². The molecule has 0 aliphatic rings. The number of nitrogens with one attached hydrogen (secondary N) is 3. The first-order valence-electron chi connectivity index (χ1n) is 13.7. The van der Waals surface area contributed by atoms with Crippen molar-refractivity contribution in [3.63, 3.8) is 0 Å². The number of hydrogen-bond donors (Lipinski definition) is 4. The van der Waals surface area contributed by atoms with Gasteiger partial charge in [-0.3, -0.25) is 24.0 Å². The second-order valence-corrected chi connectivity index (χ2v) is 10.7. The van der Waals surface area contributed by atoms with Gasteiger partial charge in [0.05, 0.1) is 11.4 Å². The van der Waals surface area contributed by atoms with Crippen molar-refractivity contribution in [2.75, 3.05) is 0 Å². The van der Waals surface area contributed by atoms with E-state index in [-0.39, 0.29) is 24.1 Å². The largest absolute Gasteiger partial charge is 0.481 e. The van der Waals surface area contributed by atoms with Gasteiger partial charge in [-0.2, -0.15) is 4.80 Å². The number of hydrogen-bond acceptors (Lipinski definition) is 8. The number of carbonyl (C=O) groups is 5. The number of carboxylic acids is 1. The Bertz CT molecular complexity index is 1450. The number of benzene rings is 2. The van der Waals surface area contributed by atoms with Crippen molar-refractivity contribution in [2.24, 2.45) is 5.92 Å². The molecule has 0 fully saturated rings. The van der Waals surface area contributed by atoms with Crippen LogP contribution in [0.2, 0.25) is 5.02 Å². The normalized spacial score (nSPS) is 13.0. The molecule has 1 unspecified atom stereocenters. The van der Waals surface area contributed by atoms with Gasteiger partial charge in [-0.05, 0) is 42.2 Å². The number of carbonyl (C=O) groups excluding carboxylic acids is 4. The van der Waals surface area contributed by atoms with E-state index in [9.17, 15) is 29.1 Å². The Hall–Kier alpha value is -4.65. The van der Waals surface area contributed by atoms with E-state index in [2.05, 4.69) is 31.4 Å². The number of nitrogens with zero attached hydrogens (tertiary/aromatic N) is 4. The van der Waals surface area contributed by atoms with E-state index < -0.39 is 54.7 Å². The number of rotatable bonds is 15. The lowest BCUT2D eigenvalue weighted by molar-refractivity contribution is -0.140. The Labute approximate surface area is 253 Å². The first kappa shape index (κ1) is 32.9. The van der Waals surface area contributed by atoms with Gasteiger partial charge in [0.25, 0.3) is 0 Å². The topological polar surface area (TPSA) is 185 Å². The highest BCUT2D eigenvalue weighted by Crippen LogP contribution is 2.23. The number of aromatic nitrogens is 4. The van der Waals surface area contributed by atoms with Crippen LogP contribution < -0.4 is 16.0 Å². The second kappa shape index (κ2) is 15.5. The van der Waals surface area contributed by atoms with Crippen LogP contribution in [0.25, 0.3) is 11.4 Å². The van der Waals surface area contributed by atoms with Crippen molar-refractivity contribution in [2.45, 2.75) is 64.7 Å². The van der Waals surface area contributed by atoms with E-state index in [0.717, 1.165) is 10.4 Å². The maximum Gasteiger partial charge on any atom is 0.305 e. The monoisotopic (exact) mass is 611 g/mol.